The van der Waals surface area contributed by atoms with Crippen molar-refractivity contribution >= 4 is 34.4 Å². The molecule has 0 aliphatic carbocycles. The molecule has 0 radical (unpaired) electrons. The lowest BCUT2D eigenvalue weighted by Crippen LogP contribution is -2.09. The van der Waals surface area contributed by atoms with Gasteiger partial charge in [-0.15, -0.1) is 0 Å². The predicted molar refractivity (Wildman–Crippen MR) is 56.3 cm³/mol. The van der Waals surface area contributed by atoms with Crippen LogP contribution in [0.25, 0.3) is 11.0 Å². The average Bonchev–Trinajstić information content (AvgIpc) is 2.65. The quantitative estimate of drug-likeness (QED) is 0.829. The summed E-state index contributed by atoms with van der Waals surface area (Å²) in [5, 5.41) is 10.9. The standard InChI is InChI=1S/C9H6N4OS/c10-4-3-9(14)11-6-1-2-7-8(5-6)13-15-12-7/h1-2,5H,3H2,(H,11,14). The van der Waals surface area contributed by atoms with E-state index >= 15 is 0 Å². The molecule has 1 heterocycles. The van der Waals surface area contributed by atoms with E-state index in [0.717, 1.165) is 22.8 Å². The van der Waals surface area contributed by atoms with Gasteiger partial charge < -0.3 is 5.32 Å². The largest absolute Gasteiger partial charge is 0.325 e. The number of fused-ring (bicyclic) bond motifs is 1. The Morgan fingerprint density at radius 2 is 2.27 bits per heavy atom. The van der Waals surface area contributed by atoms with Gasteiger partial charge in [-0.2, -0.15) is 14.0 Å². The topological polar surface area (TPSA) is 78.7 Å². The Morgan fingerprint density at radius 1 is 1.47 bits per heavy atom. The highest BCUT2D eigenvalue weighted by molar-refractivity contribution is 7.00. The summed E-state index contributed by atoms with van der Waals surface area (Å²) in [5.41, 5.74) is 2.18. The Bertz CT molecular complexity index is 542. The third-order valence-corrected chi connectivity index (χ3v) is 2.33. The van der Waals surface area contributed by atoms with E-state index in [-0.39, 0.29) is 12.3 Å². The molecule has 0 aliphatic rings. The number of nitriles is 1. The second-order valence-electron chi connectivity index (χ2n) is 2.85. The summed E-state index contributed by atoms with van der Waals surface area (Å²) >= 11 is 1.13. The van der Waals surface area contributed by atoms with Crippen molar-refractivity contribution in [1.82, 2.24) is 8.75 Å². The molecule has 0 atom stereocenters. The number of rotatable bonds is 2. The fraction of sp³-hybridized carbons (Fsp3) is 0.111. The molecule has 0 bridgehead atoms. The van der Waals surface area contributed by atoms with E-state index in [9.17, 15) is 4.79 Å². The number of hydrogen-bond acceptors (Lipinski definition) is 5. The van der Waals surface area contributed by atoms with E-state index in [0.29, 0.717) is 5.69 Å². The Labute approximate surface area is 89.7 Å². The Hall–Kier alpha value is -2.00. The first kappa shape index (κ1) is 9.55. The summed E-state index contributed by atoms with van der Waals surface area (Å²) in [5.74, 6) is -0.319. The minimum absolute atomic E-state index is 0.145. The lowest BCUT2D eigenvalue weighted by Gasteiger charge is -2.00. The summed E-state index contributed by atoms with van der Waals surface area (Å²) in [6.45, 7) is 0. The third kappa shape index (κ3) is 2.08. The molecule has 2 aromatic rings. The van der Waals surface area contributed by atoms with Crippen molar-refractivity contribution in [3.05, 3.63) is 18.2 Å². The number of benzene rings is 1. The van der Waals surface area contributed by atoms with Crippen LogP contribution in [-0.4, -0.2) is 14.7 Å². The van der Waals surface area contributed by atoms with Crippen LogP contribution in [0.2, 0.25) is 0 Å². The molecular weight excluding hydrogens is 212 g/mol. The van der Waals surface area contributed by atoms with E-state index in [1.165, 1.54) is 0 Å². The van der Waals surface area contributed by atoms with E-state index in [2.05, 4.69) is 14.1 Å². The zero-order valence-electron chi connectivity index (χ0n) is 7.60. The lowest BCUT2D eigenvalue weighted by molar-refractivity contribution is -0.115. The van der Waals surface area contributed by atoms with Crippen molar-refractivity contribution in [2.45, 2.75) is 6.42 Å². The number of nitrogens with one attached hydrogen (secondary N) is 1. The number of aromatic nitrogens is 2. The number of hydrogen-bond donors (Lipinski definition) is 1. The summed E-state index contributed by atoms with van der Waals surface area (Å²) in [6.07, 6.45) is -0.145. The normalized spacial score (nSPS) is 9.80. The molecule has 1 aromatic carbocycles. The molecular formula is C9H6N4OS. The van der Waals surface area contributed by atoms with Gasteiger partial charge in [-0.05, 0) is 18.2 Å². The molecule has 0 spiro atoms. The van der Waals surface area contributed by atoms with Crippen molar-refractivity contribution < 1.29 is 4.79 Å². The molecule has 1 amide bonds. The molecule has 74 valence electrons. The zero-order chi connectivity index (χ0) is 10.7. The molecule has 0 aliphatic heterocycles. The number of carbonyl (C=O) groups excluding carboxylic acids is 1. The smallest absolute Gasteiger partial charge is 0.238 e. The SMILES string of the molecule is N#CCC(=O)Nc1ccc2nsnc2c1. The summed E-state index contributed by atoms with van der Waals surface area (Å²) in [6, 6.07) is 7.03. The molecule has 0 fully saturated rings. The molecule has 0 saturated heterocycles. The fourth-order valence-corrected chi connectivity index (χ4v) is 1.65. The molecule has 0 saturated carbocycles. The van der Waals surface area contributed by atoms with Gasteiger partial charge in [0.1, 0.15) is 17.5 Å². The van der Waals surface area contributed by atoms with Gasteiger partial charge in [0.2, 0.25) is 5.91 Å². The monoisotopic (exact) mass is 218 g/mol. The van der Waals surface area contributed by atoms with Crippen molar-refractivity contribution in [1.29, 1.82) is 5.26 Å². The van der Waals surface area contributed by atoms with Gasteiger partial charge in [-0.3, -0.25) is 4.79 Å². The molecule has 5 nitrogen and oxygen atoms in total. The van der Waals surface area contributed by atoms with E-state index in [4.69, 9.17) is 5.26 Å². The second-order valence-corrected chi connectivity index (χ2v) is 3.38. The highest BCUT2D eigenvalue weighted by Gasteiger charge is 2.03. The summed E-state index contributed by atoms with van der Waals surface area (Å²) in [7, 11) is 0. The van der Waals surface area contributed by atoms with Crippen LogP contribution in [0.5, 0.6) is 0 Å². The number of anilines is 1. The number of amides is 1. The first-order valence-corrected chi connectivity index (χ1v) is 4.92. The minimum Gasteiger partial charge on any atom is -0.325 e. The van der Waals surface area contributed by atoms with Gasteiger partial charge in [-0.25, -0.2) is 0 Å². The number of carbonyl (C=O) groups is 1. The molecule has 1 N–H and O–H groups in total. The Balaban J connectivity index is 2.22. The van der Waals surface area contributed by atoms with Crippen LogP contribution in [-0.2, 0) is 4.79 Å². The van der Waals surface area contributed by atoms with Crippen LogP contribution >= 0.6 is 11.7 Å². The van der Waals surface area contributed by atoms with Crippen molar-refractivity contribution in [2.75, 3.05) is 5.32 Å². The van der Waals surface area contributed by atoms with Gasteiger partial charge in [-0.1, -0.05) is 0 Å². The minimum atomic E-state index is -0.319. The molecule has 6 heteroatoms. The summed E-state index contributed by atoms with van der Waals surface area (Å²) < 4.78 is 8.09. The molecule has 0 unspecified atom stereocenters. The van der Waals surface area contributed by atoms with Crippen molar-refractivity contribution in [2.24, 2.45) is 0 Å². The lowest BCUT2D eigenvalue weighted by atomic mass is 10.2. The maximum Gasteiger partial charge on any atom is 0.238 e. The maximum atomic E-state index is 11.1. The van der Waals surface area contributed by atoms with Gasteiger partial charge in [0.05, 0.1) is 17.8 Å². The van der Waals surface area contributed by atoms with Crippen LogP contribution in [0.4, 0.5) is 5.69 Å². The van der Waals surface area contributed by atoms with Gasteiger partial charge >= 0.3 is 0 Å². The predicted octanol–water partition coefficient (Wildman–Crippen LogP) is 1.54. The van der Waals surface area contributed by atoms with Gasteiger partial charge in [0.15, 0.2) is 0 Å². The Morgan fingerprint density at radius 3 is 3.07 bits per heavy atom. The Kier molecular flexibility index (Phi) is 2.56. The van der Waals surface area contributed by atoms with Crippen LogP contribution in [0.1, 0.15) is 6.42 Å². The van der Waals surface area contributed by atoms with Crippen LogP contribution in [0, 0.1) is 11.3 Å². The van der Waals surface area contributed by atoms with E-state index in [1.807, 2.05) is 0 Å². The van der Waals surface area contributed by atoms with Crippen molar-refractivity contribution in [3.8, 4) is 6.07 Å². The van der Waals surface area contributed by atoms with Crippen LogP contribution < -0.4 is 5.32 Å². The average molecular weight is 218 g/mol. The molecule has 1 aromatic heterocycles. The zero-order valence-corrected chi connectivity index (χ0v) is 8.41. The molecule has 2 rings (SSSR count). The van der Waals surface area contributed by atoms with E-state index < -0.39 is 0 Å². The second kappa shape index (κ2) is 4.02. The first-order chi connectivity index (χ1) is 7.29. The third-order valence-electron chi connectivity index (χ3n) is 1.78. The van der Waals surface area contributed by atoms with Crippen LogP contribution in [0.15, 0.2) is 18.2 Å². The molecule has 15 heavy (non-hydrogen) atoms. The fourth-order valence-electron chi connectivity index (χ4n) is 1.14. The highest BCUT2D eigenvalue weighted by atomic mass is 32.1. The van der Waals surface area contributed by atoms with Crippen molar-refractivity contribution in [3.63, 3.8) is 0 Å². The van der Waals surface area contributed by atoms with Gasteiger partial charge in [0, 0.05) is 5.69 Å². The maximum absolute atomic E-state index is 11.1. The van der Waals surface area contributed by atoms with Crippen LogP contribution in [0.3, 0.4) is 0 Å². The van der Waals surface area contributed by atoms with Gasteiger partial charge in [0.25, 0.3) is 0 Å². The van der Waals surface area contributed by atoms with E-state index in [1.54, 1.807) is 24.3 Å². The first-order valence-electron chi connectivity index (χ1n) is 4.19. The summed E-state index contributed by atoms with van der Waals surface area (Å²) in [4.78, 5) is 11.1. The number of nitrogens with zero attached hydrogens (tertiary/aromatic N) is 3. The highest BCUT2D eigenvalue weighted by Crippen LogP contribution is 2.16.